The number of ether oxygens (including phenoxy) is 1. The minimum absolute atomic E-state index is 0.141. The number of nitrogens with zero attached hydrogens (tertiary/aromatic N) is 1. The van der Waals surface area contributed by atoms with Crippen LogP contribution in [-0.2, 0) is 10.3 Å². The second-order valence-electron chi connectivity index (χ2n) is 4.55. The van der Waals surface area contributed by atoms with Gasteiger partial charge >= 0.3 is 0 Å². The van der Waals surface area contributed by atoms with Crippen molar-refractivity contribution in [1.29, 1.82) is 0 Å². The van der Waals surface area contributed by atoms with Gasteiger partial charge in [0, 0.05) is 11.3 Å². The molecular weight excluding hydrogens is 226 g/mol. The van der Waals surface area contributed by atoms with Gasteiger partial charge in [-0.3, -0.25) is 0 Å². The fourth-order valence-corrected chi connectivity index (χ4v) is 1.88. The molecule has 0 aromatic heterocycles. The third kappa shape index (κ3) is 1.75. The van der Waals surface area contributed by atoms with Crippen LogP contribution in [-0.4, -0.2) is 18.7 Å². The van der Waals surface area contributed by atoms with Crippen molar-refractivity contribution >= 4 is 12.1 Å². The average molecular weight is 240 g/mol. The van der Waals surface area contributed by atoms with Crippen LogP contribution in [0.4, 0.5) is 14.5 Å². The summed E-state index contributed by atoms with van der Waals surface area (Å²) in [5, 5.41) is 0. The molecule has 0 fully saturated rings. The van der Waals surface area contributed by atoms with Crippen molar-refractivity contribution in [3.8, 4) is 0 Å². The first-order valence-electron chi connectivity index (χ1n) is 5.26. The maximum atomic E-state index is 14.5. The van der Waals surface area contributed by atoms with Crippen molar-refractivity contribution in [2.45, 2.75) is 25.1 Å². The molecule has 1 aromatic carbocycles. The van der Waals surface area contributed by atoms with Gasteiger partial charge in [0.2, 0.25) is 0 Å². The van der Waals surface area contributed by atoms with Gasteiger partial charge in [-0.25, -0.2) is 13.8 Å². The van der Waals surface area contributed by atoms with Crippen LogP contribution >= 0.6 is 0 Å². The summed E-state index contributed by atoms with van der Waals surface area (Å²) >= 11 is 0. The fraction of sp³-hybridized carbons (Fsp3) is 0.417. The number of nitrogens with two attached hydrogens (primary N) is 1. The molecule has 0 saturated heterocycles. The first kappa shape index (κ1) is 11.8. The Morgan fingerprint density at radius 1 is 1.41 bits per heavy atom. The molecule has 0 aliphatic carbocycles. The Bertz CT molecular complexity index is 474. The Kier molecular flexibility index (Phi) is 2.56. The molecular formula is C12H14F2N2O. The van der Waals surface area contributed by atoms with Gasteiger partial charge < -0.3 is 10.5 Å². The molecule has 2 N–H and O–H groups in total. The molecule has 1 aliphatic rings. The molecule has 0 unspecified atom stereocenters. The minimum atomic E-state index is -1.80. The Balaban J connectivity index is 2.60. The van der Waals surface area contributed by atoms with Crippen LogP contribution in [0.3, 0.4) is 0 Å². The van der Waals surface area contributed by atoms with Crippen molar-refractivity contribution in [3.05, 3.63) is 29.6 Å². The van der Waals surface area contributed by atoms with E-state index in [4.69, 9.17) is 10.5 Å². The zero-order valence-corrected chi connectivity index (χ0v) is 9.71. The van der Waals surface area contributed by atoms with E-state index in [2.05, 4.69) is 4.99 Å². The number of halogens is 2. The summed E-state index contributed by atoms with van der Waals surface area (Å²) in [4.78, 5) is 3.97. The van der Waals surface area contributed by atoms with Crippen LogP contribution < -0.4 is 5.73 Å². The van der Waals surface area contributed by atoms with Gasteiger partial charge in [0.25, 0.3) is 0 Å². The van der Waals surface area contributed by atoms with Crippen LogP contribution in [0.1, 0.15) is 19.4 Å². The highest BCUT2D eigenvalue weighted by Crippen LogP contribution is 2.42. The van der Waals surface area contributed by atoms with Crippen molar-refractivity contribution in [2.24, 2.45) is 4.99 Å². The van der Waals surface area contributed by atoms with Crippen LogP contribution in [0.2, 0.25) is 0 Å². The minimum Gasteiger partial charge on any atom is -0.480 e. The molecule has 0 spiro atoms. The number of hydrogen-bond acceptors (Lipinski definition) is 3. The normalized spacial score (nSPS) is 32.2. The van der Waals surface area contributed by atoms with Crippen molar-refractivity contribution in [3.63, 3.8) is 0 Å². The molecule has 0 radical (unpaired) electrons. The molecule has 17 heavy (non-hydrogen) atoms. The number of rotatable bonds is 1. The van der Waals surface area contributed by atoms with E-state index in [0.29, 0.717) is 5.69 Å². The highest BCUT2D eigenvalue weighted by molar-refractivity contribution is 5.53. The molecule has 3 nitrogen and oxygen atoms in total. The second-order valence-corrected chi connectivity index (χ2v) is 4.55. The Morgan fingerprint density at radius 2 is 2.12 bits per heavy atom. The average Bonchev–Trinajstić information content (AvgIpc) is 2.26. The van der Waals surface area contributed by atoms with Gasteiger partial charge in [-0.2, -0.15) is 0 Å². The summed E-state index contributed by atoms with van der Waals surface area (Å²) < 4.78 is 33.1. The van der Waals surface area contributed by atoms with E-state index in [-0.39, 0.29) is 12.2 Å². The van der Waals surface area contributed by atoms with Gasteiger partial charge in [-0.15, -0.1) is 0 Å². The molecule has 1 heterocycles. The van der Waals surface area contributed by atoms with Gasteiger partial charge in [0.15, 0.2) is 12.1 Å². The quantitative estimate of drug-likeness (QED) is 0.766. The van der Waals surface area contributed by atoms with Gasteiger partial charge in [0.1, 0.15) is 18.0 Å². The molecule has 2 atom stereocenters. The van der Waals surface area contributed by atoms with E-state index in [1.807, 2.05) is 0 Å². The highest BCUT2D eigenvalue weighted by atomic mass is 19.1. The van der Waals surface area contributed by atoms with Crippen LogP contribution in [0.5, 0.6) is 0 Å². The summed E-state index contributed by atoms with van der Waals surface area (Å²) in [5.74, 6) is -0.523. The smallest absolute Gasteiger partial charge is 0.171 e. The van der Waals surface area contributed by atoms with Gasteiger partial charge in [-0.05, 0) is 32.0 Å². The zero-order chi connectivity index (χ0) is 12.7. The van der Waals surface area contributed by atoms with E-state index in [1.165, 1.54) is 32.0 Å². The van der Waals surface area contributed by atoms with E-state index < -0.39 is 17.0 Å². The maximum absolute atomic E-state index is 14.5. The first-order chi connectivity index (χ1) is 7.87. The first-order valence-corrected chi connectivity index (χ1v) is 5.26. The predicted molar refractivity (Wildman–Crippen MR) is 62.1 cm³/mol. The lowest BCUT2D eigenvalue weighted by molar-refractivity contribution is 0.00981. The van der Waals surface area contributed by atoms with Crippen LogP contribution in [0.15, 0.2) is 23.2 Å². The lowest BCUT2D eigenvalue weighted by Crippen LogP contribution is -2.49. The van der Waals surface area contributed by atoms with Crippen molar-refractivity contribution < 1.29 is 13.5 Å². The number of hydrogen-bond donors (Lipinski definition) is 1. The number of alkyl halides is 1. The summed E-state index contributed by atoms with van der Waals surface area (Å²) in [6.45, 7) is 2.71. The van der Waals surface area contributed by atoms with E-state index in [9.17, 15) is 8.78 Å². The van der Waals surface area contributed by atoms with Gasteiger partial charge in [-0.1, -0.05) is 0 Å². The molecule has 5 heteroatoms. The molecule has 1 aromatic rings. The molecule has 2 rings (SSSR count). The predicted octanol–water partition coefficient (Wildman–Crippen LogP) is 2.41. The Labute approximate surface area is 98.3 Å². The summed E-state index contributed by atoms with van der Waals surface area (Å²) in [5.41, 5.74) is 3.00. The second kappa shape index (κ2) is 3.68. The number of aliphatic imine (C=N–C) groups is 1. The largest absolute Gasteiger partial charge is 0.480 e. The zero-order valence-electron chi connectivity index (χ0n) is 9.71. The third-order valence-corrected chi connectivity index (χ3v) is 3.27. The molecule has 0 bridgehead atoms. The maximum Gasteiger partial charge on any atom is 0.171 e. The van der Waals surface area contributed by atoms with Crippen molar-refractivity contribution in [1.82, 2.24) is 0 Å². The number of anilines is 1. The fourth-order valence-electron chi connectivity index (χ4n) is 1.88. The van der Waals surface area contributed by atoms with Crippen LogP contribution in [0, 0.1) is 5.82 Å². The number of benzene rings is 1. The third-order valence-electron chi connectivity index (χ3n) is 3.27. The SMILES string of the molecule is C[C@]1(F)COC=N[C@]1(C)c1cc(N)ccc1F. The lowest BCUT2D eigenvalue weighted by atomic mass is 9.78. The molecule has 92 valence electrons. The summed E-state index contributed by atoms with van der Waals surface area (Å²) in [7, 11) is 0. The highest BCUT2D eigenvalue weighted by Gasteiger charge is 2.50. The van der Waals surface area contributed by atoms with E-state index >= 15 is 0 Å². The van der Waals surface area contributed by atoms with E-state index in [0.717, 1.165) is 6.40 Å². The standard InChI is InChI=1S/C12H14F2N2O/c1-11(14)6-17-7-16-12(11,2)9-5-8(15)3-4-10(9)13/h3-5,7H,6,15H2,1-2H3/t11-,12+/m0/s1. The van der Waals surface area contributed by atoms with Crippen LogP contribution in [0.25, 0.3) is 0 Å². The number of nitrogen functional groups attached to an aromatic ring is 1. The monoisotopic (exact) mass is 240 g/mol. The Hall–Kier alpha value is -1.65. The Morgan fingerprint density at radius 3 is 2.76 bits per heavy atom. The lowest BCUT2D eigenvalue weighted by Gasteiger charge is -2.39. The molecule has 0 saturated carbocycles. The molecule has 1 aliphatic heterocycles. The van der Waals surface area contributed by atoms with Gasteiger partial charge in [0.05, 0.1) is 0 Å². The van der Waals surface area contributed by atoms with E-state index in [1.54, 1.807) is 0 Å². The summed E-state index contributed by atoms with van der Waals surface area (Å²) in [6, 6.07) is 4.06. The van der Waals surface area contributed by atoms with Crippen molar-refractivity contribution in [2.75, 3.05) is 12.3 Å². The summed E-state index contributed by atoms with van der Waals surface area (Å²) in [6.07, 6.45) is 1.16. The molecule has 0 amide bonds. The topological polar surface area (TPSA) is 47.6 Å².